The van der Waals surface area contributed by atoms with Crippen molar-refractivity contribution in [3.05, 3.63) is 29.8 Å². The highest BCUT2D eigenvalue weighted by molar-refractivity contribution is 5.29. The summed E-state index contributed by atoms with van der Waals surface area (Å²) in [6.07, 6.45) is 5.49. The van der Waals surface area contributed by atoms with Gasteiger partial charge in [0, 0.05) is 6.04 Å². The van der Waals surface area contributed by atoms with E-state index in [1.165, 1.54) is 31.2 Å². The minimum Gasteiger partial charge on any atom is -0.479 e. The molecule has 1 aliphatic carbocycles. The lowest BCUT2D eigenvalue weighted by atomic mass is 9.83. The predicted molar refractivity (Wildman–Crippen MR) is 85.1 cm³/mol. The van der Waals surface area contributed by atoms with Crippen molar-refractivity contribution in [2.75, 3.05) is 13.2 Å². The van der Waals surface area contributed by atoms with E-state index in [2.05, 4.69) is 31.3 Å². The molecule has 1 N–H and O–H groups in total. The molecule has 0 heterocycles. The zero-order valence-electron chi connectivity index (χ0n) is 13.1. The molecule has 1 atom stereocenters. The second-order valence-corrected chi connectivity index (χ2v) is 6.27. The van der Waals surface area contributed by atoms with Crippen LogP contribution in [-0.4, -0.2) is 13.2 Å². The highest BCUT2D eigenvalue weighted by Gasteiger charge is 2.18. The SMILES string of the molecule is CC1CCC(CNC(C)c2ccc(OCC#N)cc2)CC1. The molecule has 3 heteroatoms. The first-order valence-electron chi connectivity index (χ1n) is 8.02. The molecular formula is C18H26N2O. The largest absolute Gasteiger partial charge is 0.479 e. The Labute approximate surface area is 128 Å². The van der Waals surface area contributed by atoms with Crippen LogP contribution in [0.5, 0.6) is 5.75 Å². The molecule has 114 valence electrons. The van der Waals surface area contributed by atoms with Crippen LogP contribution >= 0.6 is 0 Å². The number of hydrogen-bond acceptors (Lipinski definition) is 3. The van der Waals surface area contributed by atoms with Crippen molar-refractivity contribution in [1.82, 2.24) is 5.32 Å². The minimum atomic E-state index is 0.104. The molecule has 0 aromatic heterocycles. The molecule has 1 fully saturated rings. The molecule has 1 saturated carbocycles. The highest BCUT2D eigenvalue weighted by Crippen LogP contribution is 2.28. The minimum absolute atomic E-state index is 0.104. The van der Waals surface area contributed by atoms with Crippen LogP contribution < -0.4 is 10.1 Å². The van der Waals surface area contributed by atoms with Gasteiger partial charge >= 0.3 is 0 Å². The topological polar surface area (TPSA) is 45.0 Å². The molecule has 21 heavy (non-hydrogen) atoms. The second-order valence-electron chi connectivity index (χ2n) is 6.27. The Balaban J connectivity index is 1.77. The number of hydrogen-bond donors (Lipinski definition) is 1. The van der Waals surface area contributed by atoms with Gasteiger partial charge in [0.15, 0.2) is 6.61 Å². The summed E-state index contributed by atoms with van der Waals surface area (Å²) in [6.45, 7) is 5.78. The first-order valence-corrected chi connectivity index (χ1v) is 8.02. The summed E-state index contributed by atoms with van der Waals surface area (Å²) in [5.41, 5.74) is 1.27. The van der Waals surface area contributed by atoms with Gasteiger partial charge in [-0.25, -0.2) is 0 Å². The summed E-state index contributed by atoms with van der Waals surface area (Å²) >= 11 is 0. The van der Waals surface area contributed by atoms with E-state index < -0.39 is 0 Å². The molecular weight excluding hydrogens is 260 g/mol. The predicted octanol–water partition coefficient (Wildman–Crippen LogP) is 4.07. The Morgan fingerprint density at radius 3 is 2.52 bits per heavy atom. The fourth-order valence-electron chi connectivity index (χ4n) is 2.96. The van der Waals surface area contributed by atoms with Gasteiger partial charge in [-0.1, -0.05) is 31.9 Å². The van der Waals surface area contributed by atoms with Crippen molar-refractivity contribution in [2.24, 2.45) is 11.8 Å². The Hall–Kier alpha value is -1.53. The normalized spacial score (nSPS) is 23.3. The van der Waals surface area contributed by atoms with Crippen LogP contribution in [0, 0.1) is 23.2 Å². The standard InChI is InChI=1S/C18H26N2O/c1-14-3-5-16(6-4-14)13-20-15(2)17-7-9-18(10-8-17)21-12-11-19/h7-10,14-16,20H,3-6,12-13H2,1-2H3. The van der Waals surface area contributed by atoms with E-state index in [9.17, 15) is 0 Å². The van der Waals surface area contributed by atoms with Crippen LogP contribution in [0.2, 0.25) is 0 Å². The van der Waals surface area contributed by atoms with Gasteiger partial charge in [-0.2, -0.15) is 5.26 Å². The average molecular weight is 286 g/mol. The molecule has 0 aliphatic heterocycles. The molecule has 1 aromatic carbocycles. The lowest BCUT2D eigenvalue weighted by Crippen LogP contribution is -2.28. The summed E-state index contributed by atoms with van der Waals surface area (Å²) in [6, 6.07) is 10.4. The van der Waals surface area contributed by atoms with Gasteiger partial charge in [0.25, 0.3) is 0 Å². The lowest BCUT2D eigenvalue weighted by molar-refractivity contribution is 0.276. The Morgan fingerprint density at radius 2 is 1.90 bits per heavy atom. The van der Waals surface area contributed by atoms with E-state index in [-0.39, 0.29) is 6.61 Å². The quantitative estimate of drug-likeness (QED) is 0.857. The van der Waals surface area contributed by atoms with Crippen LogP contribution in [0.1, 0.15) is 51.1 Å². The summed E-state index contributed by atoms with van der Waals surface area (Å²) in [7, 11) is 0. The zero-order valence-corrected chi connectivity index (χ0v) is 13.1. The van der Waals surface area contributed by atoms with Crippen molar-refractivity contribution in [3.63, 3.8) is 0 Å². The Morgan fingerprint density at radius 1 is 1.24 bits per heavy atom. The van der Waals surface area contributed by atoms with Crippen molar-refractivity contribution in [1.29, 1.82) is 5.26 Å². The molecule has 1 unspecified atom stereocenters. The van der Waals surface area contributed by atoms with Crippen molar-refractivity contribution >= 4 is 0 Å². The zero-order chi connectivity index (χ0) is 15.1. The third-order valence-electron chi connectivity index (χ3n) is 4.53. The molecule has 1 aromatic rings. The molecule has 1 aliphatic rings. The molecule has 3 nitrogen and oxygen atoms in total. The number of rotatable bonds is 6. The van der Waals surface area contributed by atoms with Crippen LogP contribution in [0.4, 0.5) is 0 Å². The van der Waals surface area contributed by atoms with E-state index >= 15 is 0 Å². The smallest absolute Gasteiger partial charge is 0.174 e. The first-order chi connectivity index (χ1) is 10.2. The maximum Gasteiger partial charge on any atom is 0.174 e. The Bertz CT molecular complexity index is 455. The van der Waals surface area contributed by atoms with Crippen molar-refractivity contribution in [3.8, 4) is 11.8 Å². The third-order valence-corrected chi connectivity index (χ3v) is 4.53. The van der Waals surface area contributed by atoms with Gasteiger partial charge in [-0.3, -0.25) is 0 Å². The molecule has 2 rings (SSSR count). The fraction of sp³-hybridized carbons (Fsp3) is 0.611. The van der Waals surface area contributed by atoms with Gasteiger partial charge in [0.05, 0.1) is 0 Å². The van der Waals surface area contributed by atoms with Gasteiger partial charge in [0.1, 0.15) is 11.8 Å². The third kappa shape index (κ3) is 5.06. The summed E-state index contributed by atoms with van der Waals surface area (Å²) in [5, 5.41) is 12.1. The first kappa shape index (κ1) is 15.9. The number of nitrogens with zero attached hydrogens (tertiary/aromatic N) is 1. The fourth-order valence-corrected chi connectivity index (χ4v) is 2.96. The molecule has 0 spiro atoms. The van der Waals surface area contributed by atoms with Crippen LogP contribution in [0.3, 0.4) is 0 Å². The molecule has 0 amide bonds. The number of benzene rings is 1. The number of nitriles is 1. The molecule has 0 radical (unpaired) electrons. The number of nitrogens with one attached hydrogen (secondary N) is 1. The van der Waals surface area contributed by atoms with E-state index in [1.54, 1.807) is 0 Å². The molecule has 0 bridgehead atoms. The van der Waals surface area contributed by atoms with Gasteiger partial charge in [-0.15, -0.1) is 0 Å². The summed E-state index contributed by atoms with van der Waals surface area (Å²) in [5.74, 6) is 2.51. The van der Waals surface area contributed by atoms with E-state index in [4.69, 9.17) is 10.00 Å². The number of ether oxygens (including phenoxy) is 1. The Kier molecular flexibility index (Phi) is 6.07. The van der Waals surface area contributed by atoms with E-state index in [0.717, 1.165) is 24.1 Å². The maximum absolute atomic E-state index is 8.50. The van der Waals surface area contributed by atoms with Crippen LogP contribution in [0.15, 0.2) is 24.3 Å². The van der Waals surface area contributed by atoms with Crippen molar-refractivity contribution < 1.29 is 4.74 Å². The van der Waals surface area contributed by atoms with Crippen LogP contribution in [0.25, 0.3) is 0 Å². The second kappa shape index (κ2) is 8.05. The monoisotopic (exact) mass is 286 g/mol. The van der Waals surface area contributed by atoms with Gasteiger partial charge < -0.3 is 10.1 Å². The molecule has 0 saturated heterocycles. The summed E-state index contributed by atoms with van der Waals surface area (Å²) in [4.78, 5) is 0. The van der Waals surface area contributed by atoms with Crippen LogP contribution in [-0.2, 0) is 0 Å². The maximum atomic E-state index is 8.50. The van der Waals surface area contributed by atoms with E-state index in [1.807, 2.05) is 18.2 Å². The summed E-state index contributed by atoms with van der Waals surface area (Å²) < 4.78 is 5.27. The van der Waals surface area contributed by atoms with Crippen molar-refractivity contribution in [2.45, 2.75) is 45.6 Å². The van der Waals surface area contributed by atoms with E-state index in [0.29, 0.717) is 6.04 Å². The highest BCUT2D eigenvalue weighted by atomic mass is 16.5. The van der Waals surface area contributed by atoms with Gasteiger partial charge in [0.2, 0.25) is 0 Å². The average Bonchev–Trinajstić information content (AvgIpc) is 2.52. The van der Waals surface area contributed by atoms with Gasteiger partial charge in [-0.05, 0) is 55.8 Å². The lowest BCUT2D eigenvalue weighted by Gasteiger charge is -2.27.